The minimum Gasteiger partial charge on any atom is -0.508 e. The number of esters is 2. The van der Waals surface area contributed by atoms with Gasteiger partial charge in [-0.2, -0.15) is 0 Å². The van der Waals surface area contributed by atoms with Crippen molar-refractivity contribution in [2.24, 2.45) is 0 Å². The Morgan fingerprint density at radius 3 is 0.921 bits per heavy atom. The van der Waals surface area contributed by atoms with E-state index in [2.05, 4.69) is 0 Å². The lowest BCUT2D eigenvalue weighted by molar-refractivity contribution is 0.0692. The van der Waals surface area contributed by atoms with Gasteiger partial charge in [-0.15, -0.1) is 0 Å². The standard InChI is InChI=1S/C20H14O4.2C6H6O/c21-19(23-15-9-3-1-4-10-15)17-13-7-8-14-18(17)20(22)24-16-11-5-2-6-12-16;2*7-6-4-2-1-3-5-6/h1-14H;2*1-5,7H. The molecule has 0 bridgehead atoms. The minimum absolute atomic E-state index is 0.155. The number of carbonyl (C=O) groups is 2. The van der Waals surface area contributed by atoms with Crippen LogP contribution in [0.4, 0.5) is 0 Å². The summed E-state index contributed by atoms with van der Waals surface area (Å²) in [5, 5.41) is 17.3. The Hall–Kier alpha value is -5.36. The van der Waals surface area contributed by atoms with E-state index in [0.29, 0.717) is 23.0 Å². The van der Waals surface area contributed by atoms with Gasteiger partial charge in [0, 0.05) is 0 Å². The number of hydrogen-bond donors (Lipinski definition) is 2. The van der Waals surface area contributed by atoms with Gasteiger partial charge >= 0.3 is 11.9 Å². The lowest BCUT2D eigenvalue weighted by atomic mass is 10.1. The van der Waals surface area contributed by atoms with Crippen molar-refractivity contribution in [3.8, 4) is 23.0 Å². The van der Waals surface area contributed by atoms with Crippen molar-refractivity contribution >= 4 is 11.9 Å². The molecule has 0 atom stereocenters. The van der Waals surface area contributed by atoms with Gasteiger partial charge in [-0.05, 0) is 60.7 Å². The molecule has 6 nitrogen and oxygen atoms in total. The van der Waals surface area contributed by atoms with Crippen LogP contribution in [0.3, 0.4) is 0 Å². The molecule has 0 radical (unpaired) electrons. The maximum absolute atomic E-state index is 12.4. The molecule has 0 aliphatic carbocycles. The van der Waals surface area contributed by atoms with Gasteiger partial charge in [-0.1, -0.05) is 84.9 Å². The van der Waals surface area contributed by atoms with Gasteiger partial charge in [-0.3, -0.25) is 0 Å². The van der Waals surface area contributed by atoms with Crippen LogP contribution in [0.15, 0.2) is 146 Å². The van der Waals surface area contributed by atoms with E-state index >= 15 is 0 Å². The zero-order valence-corrected chi connectivity index (χ0v) is 20.4. The van der Waals surface area contributed by atoms with Crippen molar-refractivity contribution in [1.82, 2.24) is 0 Å². The fourth-order valence-electron chi connectivity index (χ4n) is 3.00. The highest BCUT2D eigenvalue weighted by atomic mass is 16.5. The first-order chi connectivity index (χ1) is 18.5. The molecule has 0 heterocycles. The average Bonchev–Trinajstić information content (AvgIpc) is 2.96. The van der Waals surface area contributed by atoms with Crippen molar-refractivity contribution in [2.45, 2.75) is 0 Å². The highest BCUT2D eigenvalue weighted by Gasteiger charge is 2.20. The van der Waals surface area contributed by atoms with Gasteiger partial charge in [0.15, 0.2) is 0 Å². The Labute approximate surface area is 221 Å². The smallest absolute Gasteiger partial charge is 0.344 e. The second kappa shape index (κ2) is 14.9. The molecule has 0 amide bonds. The van der Waals surface area contributed by atoms with E-state index in [1.165, 1.54) is 12.1 Å². The molecule has 5 aromatic carbocycles. The molecule has 0 aliphatic heterocycles. The Bertz CT molecular complexity index is 1280. The number of phenolic OH excluding ortho intramolecular Hbond substituents is 2. The van der Waals surface area contributed by atoms with E-state index in [-0.39, 0.29) is 11.1 Å². The Kier molecular flexibility index (Phi) is 10.7. The monoisotopic (exact) mass is 506 g/mol. The molecule has 0 saturated heterocycles. The predicted octanol–water partition coefficient (Wildman–Crippen LogP) is 6.91. The molecule has 0 spiro atoms. The molecule has 0 fully saturated rings. The Balaban J connectivity index is 0.000000231. The SMILES string of the molecule is O=C(Oc1ccccc1)c1ccccc1C(=O)Oc1ccccc1.Oc1ccccc1.Oc1ccccc1. The lowest BCUT2D eigenvalue weighted by Gasteiger charge is -2.09. The number of carbonyl (C=O) groups excluding carboxylic acids is 2. The van der Waals surface area contributed by atoms with Crippen LogP contribution >= 0.6 is 0 Å². The summed E-state index contributed by atoms with van der Waals surface area (Å²) in [6.07, 6.45) is 0. The maximum Gasteiger partial charge on any atom is 0.344 e. The quantitative estimate of drug-likeness (QED) is 0.203. The third-order valence-electron chi connectivity index (χ3n) is 4.79. The number of rotatable bonds is 4. The normalized spacial score (nSPS) is 9.47. The summed E-state index contributed by atoms with van der Waals surface area (Å²) in [5.74, 6) is 0.246. The first-order valence-corrected chi connectivity index (χ1v) is 11.6. The van der Waals surface area contributed by atoms with Crippen molar-refractivity contribution in [3.05, 3.63) is 157 Å². The number of benzene rings is 5. The highest BCUT2D eigenvalue weighted by molar-refractivity contribution is 6.04. The van der Waals surface area contributed by atoms with Crippen molar-refractivity contribution in [1.29, 1.82) is 0 Å². The first kappa shape index (κ1) is 27.2. The van der Waals surface area contributed by atoms with Gasteiger partial charge in [0.25, 0.3) is 0 Å². The first-order valence-electron chi connectivity index (χ1n) is 11.6. The second-order valence-electron chi connectivity index (χ2n) is 7.62. The molecule has 0 unspecified atom stereocenters. The topological polar surface area (TPSA) is 93.1 Å². The minimum atomic E-state index is -0.609. The third-order valence-corrected chi connectivity index (χ3v) is 4.79. The van der Waals surface area contributed by atoms with Crippen LogP contribution in [0, 0.1) is 0 Å². The molecule has 6 heteroatoms. The Morgan fingerprint density at radius 1 is 0.395 bits per heavy atom. The molecule has 38 heavy (non-hydrogen) atoms. The van der Waals surface area contributed by atoms with Gasteiger partial charge in [0.2, 0.25) is 0 Å². The zero-order chi connectivity index (χ0) is 27.0. The van der Waals surface area contributed by atoms with Crippen LogP contribution in [0.25, 0.3) is 0 Å². The van der Waals surface area contributed by atoms with Gasteiger partial charge in [0.05, 0.1) is 11.1 Å². The summed E-state index contributed by atoms with van der Waals surface area (Å²) in [4.78, 5) is 24.7. The Morgan fingerprint density at radius 2 is 0.658 bits per heavy atom. The van der Waals surface area contributed by atoms with Crippen LogP contribution < -0.4 is 9.47 Å². The summed E-state index contributed by atoms with van der Waals surface area (Å²) >= 11 is 0. The molecular formula is C32H26O6. The summed E-state index contributed by atoms with van der Waals surface area (Å²) in [5.41, 5.74) is 0.310. The molecule has 5 rings (SSSR count). The largest absolute Gasteiger partial charge is 0.508 e. The van der Waals surface area contributed by atoms with E-state index in [0.717, 1.165) is 0 Å². The maximum atomic E-state index is 12.4. The zero-order valence-electron chi connectivity index (χ0n) is 20.4. The van der Waals surface area contributed by atoms with Crippen molar-refractivity contribution in [2.75, 3.05) is 0 Å². The van der Waals surface area contributed by atoms with Crippen LogP contribution in [0.2, 0.25) is 0 Å². The summed E-state index contributed by atoms with van der Waals surface area (Å²) in [6, 6.07) is 41.2. The van der Waals surface area contributed by atoms with Crippen LogP contribution in [-0.2, 0) is 0 Å². The average molecular weight is 507 g/mol. The number of para-hydroxylation sites is 4. The number of hydrogen-bond acceptors (Lipinski definition) is 6. The summed E-state index contributed by atoms with van der Waals surface area (Å²) in [7, 11) is 0. The van der Waals surface area contributed by atoms with E-state index in [4.69, 9.17) is 19.7 Å². The molecular weight excluding hydrogens is 480 g/mol. The fourth-order valence-corrected chi connectivity index (χ4v) is 3.00. The predicted molar refractivity (Wildman–Crippen MR) is 145 cm³/mol. The van der Waals surface area contributed by atoms with Crippen LogP contribution in [-0.4, -0.2) is 22.2 Å². The van der Waals surface area contributed by atoms with Crippen molar-refractivity contribution in [3.63, 3.8) is 0 Å². The fraction of sp³-hybridized carbons (Fsp3) is 0. The van der Waals surface area contributed by atoms with E-state index in [1.807, 2.05) is 24.3 Å². The third kappa shape index (κ3) is 9.36. The number of ether oxygens (including phenoxy) is 2. The highest BCUT2D eigenvalue weighted by Crippen LogP contribution is 2.18. The summed E-state index contributed by atoms with van der Waals surface area (Å²) in [6.45, 7) is 0. The van der Waals surface area contributed by atoms with E-state index < -0.39 is 11.9 Å². The van der Waals surface area contributed by atoms with Crippen LogP contribution in [0.5, 0.6) is 23.0 Å². The molecule has 2 N–H and O–H groups in total. The molecule has 5 aromatic rings. The van der Waals surface area contributed by atoms with Crippen molar-refractivity contribution < 1.29 is 29.3 Å². The van der Waals surface area contributed by atoms with Crippen LogP contribution in [0.1, 0.15) is 20.7 Å². The summed E-state index contributed by atoms with van der Waals surface area (Å²) < 4.78 is 10.6. The van der Waals surface area contributed by atoms with E-state index in [1.54, 1.807) is 109 Å². The molecule has 190 valence electrons. The molecule has 0 saturated carbocycles. The molecule has 0 aliphatic rings. The number of phenols is 2. The second-order valence-corrected chi connectivity index (χ2v) is 7.62. The van der Waals surface area contributed by atoms with Gasteiger partial charge in [0.1, 0.15) is 23.0 Å². The van der Waals surface area contributed by atoms with Gasteiger partial charge < -0.3 is 19.7 Å². The van der Waals surface area contributed by atoms with E-state index in [9.17, 15) is 9.59 Å². The number of aromatic hydroxyl groups is 2. The van der Waals surface area contributed by atoms with Gasteiger partial charge in [-0.25, -0.2) is 9.59 Å². The molecule has 0 aromatic heterocycles. The lowest BCUT2D eigenvalue weighted by Crippen LogP contribution is -2.17.